The van der Waals surface area contributed by atoms with E-state index in [0.717, 1.165) is 10.5 Å². The van der Waals surface area contributed by atoms with Gasteiger partial charge in [-0.25, -0.2) is 0 Å². The zero-order valence-corrected chi connectivity index (χ0v) is 15.3. The molecule has 2 nitrogen and oxygen atoms in total. The topological polar surface area (TPSA) is 29.1 Å². The van der Waals surface area contributed by atoms with E-state index in [0.29, 0.717) is 5.25 Å². The predicted molar refractivity (Wildman–Crippen MR) is 99.2 cm³/mol. The molecule has 3 heteroatoms. The van der Waals surface area contributed by atoms with Crippen LogP contribution in [0.3, 0.4) is 0 Å². The third-order valence-corrected chi connectivity index (χ3v) is 4.82. The van der Waals surface area contributed by atoms with Crippen LogP contribution in [0, 0.1) is 13.8 Å². The summed E-state index contributed by atoms with van der Waals surface area (Å²) in [7, 11) is 0. The van der Waals surface area contributed by atoms with Crippen molar-refractivity contribution in [1.82, 2.24) is 5.32 Å². The van der Waals surface area contributed by atoms with E-state index >= 15 is 0 Å². The first-order valence-corrected chi connectivity index (χ1v) is 8.90. The molecular formula is C20H25NOS. The van der Waals surface area contributed by atoms with Crippen molar-refractivity contribution >= 4 is 17.7 Å². The summed E-state index contributed by atoms with van der Waals surface area (Å²) in [6, 6.07) is 14.2. The molecule has 0 spiro atoms. The van der Waals surface area contributed by atoms with Gasteiger partial charge in [-0.3, -0.25) is 4.79 Å². The van der Waals surface area contributed by atoms with Crippen molar-refractivity contribution in [3.05, 3.63) is 64.7 Å². The Kier molecular flexibility index (Phi) is 5.89. The second-order valence-electron chi connectivity index (χ2n) is 6.22. The van der Waals surface area contributed by atoms with Crippen LogP contribution in [-0.4, -0.2) is 11.2 Å². The maximum Gasteiger partial charge on any atom is 0.252 e. The summed E-state index contributed by atoms with van der Waals surface area (Å²) >= 11 is 1.72. The molecule has 0 saturated heterocycles. The Morgan fingerprint density at radius 3 is 2.43 bits per heavy atom. The van der Waals surface area contributed by atoms with Crippen molar-refractivity contribution in [2.75, 3.05) is 0 Å². The van der Waals surface area contributed by atoms with Crippen LogP contribution in [0.15, 0.2) is 47.4 Å². The number of aryl methyl sites for hydroxylation is 2. The second-order valence-corrected chi connectivity index (χ2v) is 7.84. The first-order valence-electron chi connectivity index (χ1n) is 8.02. The van der Waals surface area contributed by atoms with E-state index in [4.69, 9.17) is 0 Å². The van der Waals surface area contributed by atoms with Crippen molar-refractivity contribution in [2.45, 2.75) is 50.8 Å². The summed E-state index contributed by atoms with van der Waals surface area (Å²) < 4.78 is 0. The number of carbonyl (C=O) groups excluding carboxylic acids is 1. The molecule has 0 saturated carbocycles. The van der Waals surface area contributed by atoms with Gasteiger partial charge in [0.25, 0.3) is 5.91 Å². The lowest BCUT2D eigenvalue weighted by Crippen LogP contribution is -2.27. The van der Waals surface area contributed by atoms with Crippen molar-refractivity contribution in [2.24, 2.45) is 0 Å². The van der Waals surface area contributed by atoms with E-state index in [9.17, 15) is 4.79 Å². The maximum absolute atomic E-state index is 12.7. The third kappa shape index (κ3) is 4.61. The number of carbonyl (C=O) groups is 1. The van der Waals surface area contributed by atoms with Crippen LogP contribution in [0.1, 0.15) is 53.9 Å². The monoisotopic (exact) mass is 327 g/mol. The van der Waals surface area contributed by atoms with Crippen molar-refractivity contribution in [1.29, 1.82) is 0 Å². The minimum absolute atomic E-state index is 0.0119. The molecule has 2 aromatic rings. The Bertz CT molecular complexity index is 694. The molecule has 0 radical (unpaired) electrons. The molecule has 0 aliphatic heterocycles. The molecular weight excluding hydrogens is 302 g/mol. The Hall–Kier alpha value is -1.74. The normalized spacial score (nSPS) is 12.3. The van der Waals surface area contributed by atoms with Gasteiger partial charge in [0.1, 0.15) is 0 Å². The Morgan fingerprint density at radius 2 is 1.74 bits per heavy atom. The maximum atomic E-state index is 12.7. The molecule has 2 aromatic carbocycles. The fourth-order valence-corrected chi connectivity index (χ4v) is 3.54. The van der Waals surface area contributed by atoms with E-state index in [1.807, 2.05) is 31.2 Å². The zero-order valence-electron chi connectivity index (χ0n) is 14.5. The quantitative estimate of drug-likeness (QED) is 0.756. The molecule has 0 fully saturated rings. The molecule has 23 heavy (non-hydrogen) atoms. The lowest BCUT2D eigenvalue weighted by Gasteiger charge is -2.18. The summed E-state index contributed by atoms with van der Waals surface area (Å²) in [5, 5.41) is 3.59. The highest BCUT2D eigenvalue weighted by Crippen LogP contribution is 2.27. The first kappa shape index (κ1) is 17.6. The van der Waals surface area contributed by atoms with Gasteiger partial charge in [-0.15, -0.1) is 11.8 Å². The SMILES string of the molecule is Cc1ccc(C)c([C@@H](C)NC(=O)c2ccccc2SC(C)C)c1. The summed E-state index contributed by atoms with van der Waals surface area (Å²) in [5.41, 5.74) is 4.34. The van der Waals surface area contributed by atoms with Gasteiger partial charge in [-0.2, -0.15) is 0 Å². The first-order chi connectivity index (χ1) is 10.9. The van der Waals surface area contributed by atoms with Gasteiger partial charge in [-0.1, -0.05) is 49.7 Å². The highest BCUT2D eigenvalue weighted by atomic mass is 32.2. The van der Waals surface area contributed by atoms with E-state index in [1.54, 1.807) is 11.8 Å². The minimum Gasteiger partial charge on any atom is -0.345 e. The van der Waals surface area contributed by atoms with Gasteiger partial charge in [0, 0.05) is 10.1 Å². The molecule has 1 amide bonds. The van der Waals surface area contributed by atoms with Crippen LogP contribution in [0.2, 0.25) is 0 Å². The Labute approximate surface area is 143 Å². The van der Waals surface area contributed by atoms with E-state index in [2.05, 4.69) is 51.2 Å². The fraction of sp³-hybridized carbons (Fsp3) is 0.350. The molecule has 0 aromatic heterocycles. The third-order valence-electron chi connectivity index (χ3n) is 3.74. The van der Waals surface area contributed by atoms with E-state index in [-0.39, 0.29) is 11.9 Å². The molecule has 2 rings (SSSR count). The summed E-state index contributed by atoms with van der Waals surface area (Å²) in [4.78, 5) is 13.7. The van der Waals surface area contributed by atoms with E-state index < -0.39 is 0 Å². The average Bonchev–Trinajstić information content (AvgIpc) is 2.49. The van der Waals surface area contributed by atoms with Crippen LogP contribution >= 0.6 is 11.8 Å². The van der Waals surface area contributed by atoms with Crippen molar-refractivity contribution < 1.29 is 4.79 Å². The van der Waals surface area contributed by atoms with Gasteiger partial charge < -0.3 is 5.32 Å². The zero-order chi connectivity index (χ0) is 17.0. The largest absolute Gasteiger partial charge is 0.345 e. The smallest absolute Gasteiger partial charge is 0.252 e. The van der Waals surface area contributed by atoms with Gasteiger partial charge in [-0.05, 0) is 44.0 Å². The van der Waals surface area contributed by atoms with Crippen LogP contribution in [0.4, 0.5) is 0 Å². The highest BCUT2D eigenvalue weighted by Gasteiger charge is 2.16. The molecule has 1 N–H and O–H groups in total. The number of amides is 1. The van der Waals surface area contributed by atoms with Crippen molar-refractivity contribution in [3.63, 3.8) is 0 Å². The number of nitrogens with one attached hydrogen (secondary N) is 1. The van der Waals surface area contributed by atoms with Gasteiger partial charge >= 0.3 is 0 Å². The van der Waals surface area contributed by atoms with Crippen LogP contribution < -0.4 is 5.32 Å². The Morgan fingerprint density at radius 1 is 1.04 bits per heavy atom. The van der Waals surface area contributed by atoms with Gasteiger partial charge in [0.05, 0.1) is 11.6 Å². The van der Waals surface area contributed by atoms with Crippen molar-refractivity contribution in [3.8, 4) is 0 Å². The molecule has 0 heterocycles. The average molecular weight is 327 g/mol. The van der Waals surface area contributed by atoms with E-state index in [1.165, 1.54) is 16.7 Å². The number of benzene rings is 2. The number of hydrogen-bond acceptors (Lipinski definition) is 2. The molecule has 0 aliphatic carbocycles. The summed E-state index contributed by atoms with van der Waals surface area (Å²) in [5.74, 6) is -0.0119. The number of hydrogen-bond donors (Lipinski definition) is 1. The number of thioether (sulfide) groups is 1. The molecule has 122 valence electrons. The second kappa shape index (κ2) is 7.69. The molecule has 1 atom stereocenters. The lowest BCUT2D eigenvalue weighted by molar-refractivity contribution is 0.0937. The fourth-order valence-electron chi connectivity index (χ4n) is 2.59. The predicted octanol–water partition coefficient (Wildman–Crippen LogP) is 5.29. The van der Waals surface area contributed by atoms with Gasteiger partial charge in [0.15, 0.2) is 0 Å². The highest BCUT2D eigenvalue weighted by molar-refractivity contribution is 8.00. The molecule has 0 bridgehead atoms. The Balaban J connectivity index is 2.20. The summed E-state index contributed by atoms with van der Waals surface area (Å²) in [6.45, 7) is 10.5. The number of rotatable bonds is 5. The molecule has 0 unspecified atom stereocenters. The van der Waals surface area contributed by atoms with Crippen LogP contribution in [-0.2, 0) is 0 Å². The van der Waals surface area contributed by atoms with Gasteiger partial charge in [0.2, 0.25) is 0 Å². The van der Waals surface area contributed by atoms with Crippen LogP contribution in [0.25, 0.3) is 0 Å². The minimum atomic E-state index is -0.0143. The molecule has 0 aliphatic rings. The lowest BCUT2D eigenvalue weighted by atomic mass is 10.00. The standard InChI is InChI=1S/C20H25NOS/c1-13(2)23-19-9-7-6-8-17(19)20(22)21-16(5)18-12-14(3)10-11-15(18)4/h6-13,16H,1-5H3,(H,21,22)/t16-/m1/s1. The summed E-state index contributed by atoms with van der Waals surface area (Å²) in [6.07, 6.45) is 0. The van der Waals surface area contributed by atoms with Crippen LogP contribution in [0.5, 0.6) is 0 Å².